The smallest absolute Gasteiger partial charge is 0.295 e. The number of benzene rings is 2. The van der Waals surface area contributed by atoms with Crippen LogP contribution in [0, 0.1) is 10.1 Å². The molecule has 0 bridgehead atoms. The summed E-state index contributed by atoms with van der Waals surface area (Å²) in [6, 6.07) is 11.5. The lowest BCUT2D eigenvalue weighted by Crippen LogP contribution is -2.36. The molecule has 0 aliphatic carbocycles. The number of halogens is 1. The molecule has 8 nitrogen and oxygen atoms in total. The molecule has 160 valence electrons. The highest BCUT2D eigenvalue weighted by Gasteiger charge is 2.47. The number of ketones is 1. The van der Waals surface area contributed by atoms with Crippen molar-refractivity contribution in [3.8, 4) is 0 Å². The van der Waals surface area contributed by atoms with Gasteiger partial charge in [-0.1, -0.05) is 40.2 Å². The molecular weight excluding hydrogens is 468 g/mol. The van der Waals surface area contributed by atoms with Crippen LogP contribution in [0.25, 0.3) is 5.76 Å². The van der Waals surface area contributed by atoms with Crippen LogP contribution in [0.4, 0.5) is 5.69 Å². The normalized spacial score (nSPS) is 22.8. The van der Waals surface area contributed by atoms with Gasteiger partial charge in [-0.05, 0) is 30.5 Å². The largest absolute Gasteiger partial charge is 0.507 e. The molecule has 2 aliphatic heterocycles. The molecule has 0 unspecified atom stereocenters. The van der Waals surface area contributed by atoms with E-state index in [-0.39, 0.29) is 29.7 Å². The number of non-ortho nitro benzene ring substituents is 1. The summed E-state index contributed by atoms with van der Waals surface area (Å²) in [5.74, 6) is -1.90. The van der Waals surface area contributed by atoms with Gasteiger partial charge in [0.05, 0.1) is 22.6 Å². The van der Waals surface area contributed by atoms with E-state index in [1.54, 1.807) is 30.3 Å². The Morgan fingerprint density at radius 1 is 1.23 bits per heavy atom. The fourth-order valence-corrected chi connectivity index (χ4v) is 4.26. The summed E-state index contributed by atoms with van der Waals surface area (Å²) in [5.41, 5.74) is 0.494. The van der Waals surface area contributed by atoms with Crippen LogP contribution in [0.3, 0.4) is 0 Å². The predicted molar refractivity (Wildman–Crippen MR) is 115 cm³/mol. The quantitative estimate of drug-likeness (QED) is 0.225. The number of nitro groups is 1. The van der Waals surface area contributed by atoms with Gasteiger partial charge in [0.1, 0.15) is 5.76 Å². The van der Waals surface area contributed by atoms with Crippen LogP contribution in [-0.2, 0) is 14.3 Å². The van der Waals surface area contributed by atoms with Crippen LogP contribution >= 0.6 is 15.9 Å². The number of carbonyl (C=O) groups is 2. The Hall–Kier alpha value is -3.04. The van der Waals surface area contributed by atoms with Gasteiger partial charge < -0.3 is 14.7 Å². The third-order valence-electron chi connectivity index (χ3n) is 5.48. The van der Waals surface area contributed by atoms with Gasteiger partial charge in [-0.3, -0.25) is 19.7 Å². The minimum atomic E-state index is -0.951. The zero-order valence-corrected chi connectivity index (χ0v) is 17.9. The van der Waals surface area contributed by atoms with Gasteiger partial charge in [0, 0.05) is 35.3 Å². The van der Waals surface area contributed by atoms with E-state index in [2.05, 4.69) is 15.9 Å². The first-order valence-electron chi connectivity index (χ1n) is 9.77. The molecule has 9 heteroatoms. The van der Waals surface area contributed by atoms with Gasteiger partial charge >= 0.3 is 0 Å². The molecule has 2 fully saturated rings. The van der Waals surface area contributed by atoms with Crippen molar-refractivity contribution in [1.29, 1.82) is 0 Å². The van der Waals surface area contributed by atoms with E-state index in [1.165, 1.54) is 23.1 Å². The van der Waals surface area contributed by atoms with Gasteiger partial charge in [0.15, 0.2) is 0 Å². The molecule has 0 spiro atoms. The molecule has 2 aliphatic rings. The van der Waals surface area contributed by atoms with E-state index in [9.17, 15) is 24.8 Å². The minimum absolute atomic E-state index is 0.0918. The summed E-state index contributed by atoms with van der Waals surface area (Å²) in [7, 11) is 0. The van der Waals surface area contributed by atoms with Crippen molar-refractivity contribution >= 4 is 39.1 Å². The number of Topliss-reactive ketones (excluding diaryl/α,β-unsaturated/α-hetero) is 1. The summed E-state index contributed by atoms with van der Waals surface area (Å²) >= 11 is 3.32. The van der Waals surface area contributed by atoms with Crippen molar-refractivity contribution < 1.29 is 24.4 Å². The number of aliphatic hydroxyl groups excluding tert-OH is 1. The van der Waals surface area contributed by atoms with Crippen molar-refractivity contribution in [1.82, 2.24) is 4.90 Å². The van der Waals surface area contributed by atoms with E-state index < -0.39 is 22.7 Å². The summed E-state index contributed by atoms with van der Waals surface area (Å²) in [6.07, 6.45) is 1.37. The number of ether oxygens (including phenoxy) is 1. The fraction of sp³-hybridized carbons (Fsp3) is 0.273. The van der Waals surface area contributed by atoms with Crippen molar-refractivity contribution in [2.75, 3.05) is 13.2 Å². The zero-order valence-electron chi connectivity index (χ0n) is 16.4. The van der Waals surface area contributed by atoms with Crippen LogP contribution in [0.5, 0.6) is 0 Å². The summed E-state index contributed by atoms with van der Waals surface area (Å²) in [5, 5.41) is 22.3. The number of hydrogen-bond donors (Lipinski definition) is 1. The minimum Gasteiger partial charge on any atom is -0.507 e. The third-order valence-corrected chi connectivity index (χ3v) is 6.01. The van der Waals surface area contributed by atoms with Crippen LogP contribution in [0.1, 0.15) is 30.0 Å². The predicted octanol–water partition coefficient (Wildman–Crippen LogP) is 3.96. The Morgan fingerprint density at radius 2 is 1.97 bits per heavy atom. The topological polar surface area (TPSA) is 110 Å². The maximum absolute atomic E-state index is 13.0. The number of amides is 1. The van der Waals surface area contributed by atoms with E-state index in [0.29, 0.717) is 17.7 Å². The Bertz CT molecular complexity index is 1080. The molecule has 2 saturated heterocycles. The lowest BCUT2D eigenvalue weighted by Gasteiger charge is -2.27. The molecule has 1 amide bonds. The standard InChI is InChI=1S/C22H19BrN2O6/c23-15-8-6-13(7-9-15)20(26)18-19(14-3-1-4-16(11-14)25(29)30)24(22(28)21(18)27)12-17-5-2-10-31-17/h1,3-4,6-9,11,17,19,26H,2,5,10,12H2/t17-,19-/m1/s1. The van der Waals surface area contributed by atoms with E-state index in [1.807, 2.05) is 0 Å². The highest BCUT2D eigenvalue weighted by atomic mass is 79.9. The second-order valence-electron chi connectivity index (χ2n) is 7.45. The van der Waals surface area contributed by atoms with Gasteiger partial charge in [0.25, 0.3) is 17.4 Å². The summed E-state index contributed by atoms with van der Waals surface area (Å²) in [6.45, 7) is 0.740. The van der Waals surface area contributed by atoms with E-state index in [0.717, 1.165) is 17.3 Å². The number of nitrogens with zero attached hydrogens (tertiary/aromatic N) is 2. The summed E-state index contributed by atoms with van der Waals surface area (Å²) in [4.78, 5) is 38.0. The Balaban J connectivity index is 1.85. The highest BCUT2D eigenvalue weighted by Crippen LogP contribution is 2.41. The average molecular weight is 487 g/mol. The Kier molecular flexibility index (Phi) is 5.88. The van der Waals surface area contributed by atoms with Crippen molar-refractivity contribution in [3.63, 3.8) is 0 Å². The average Bonchev–Trinajstić information content (AvgIpc) is 3.36. The first kappa shape index (κ1) is 21.2. The fourth-order valence-electron chi connectivity index (χ4n) is 3.99. The zero-order chi connectivity index (χ0) is 22.1. The Morgan fingerprint density at radius 3 is 2.61 bits per heavy atom. The maximum Gasteiger partial charge on any atom is 0.295 e. The molecule has 31 heavy (non-hydrogen) atoms. The maximum atomic E-state index is 13.0. The molecule has 2 aromatic carbocycles. The second-order valence-corrected chi connectivity index (χ2v) is 8.36. The van der Waals surface area contributed by atoms with E-state index >= 15 is 0 Å². The van der Waals surface area contributed by atoms with Crippen LogP contribution in [0.15, 0.2) is 58.6 Å². The van der Waals surface area contributed by atoms with Gasteiger partial charge in [-0.2, -0.15) is 0 Å². The molecule has 0 aromatic heterocycles. The van der Waals surface area contributed by atoms with Crippen molar-refractivity contribution in [2.45, 2.75) is 25.0 Å². The molecule has 2 heterocycles. The first-order valence-corrected chi connectivity index (χ1v) is 10.6. The first-order chi connectivity index (χ1) is 14.9. The monoisotopic (exact) mass is 486 g/mol. The summed E-state index contributed by atoms with van der Waals surface area (Å²) < 4.78 is 6.43. The molecule has 4 rings (SSSR count). The van der Waals surface area contributed by atoms with Crippen LogP contribution in [0.2, 0.25) is 0 Å². The SMILES string of the molecule is O=C1C(=O)N(C[C@H]2CCCO2)[C@H](c2cccc([N+](=O)[O-])c2)C1=C(O)c1ccc(Br)cc1. The second kappa shape index (κ2) is 8.60. The van der Waals surface area contributed by atoms with Gasteiger partial charge in [-0.25, -0.2) is 0 Å². The third kappa shape index (κ3) is 4.11. The number of likely N-dealkylation sites (tertiary alicyclic amines) is 1. The molecule has 1 N–H and O–H groups in total. The van der Waals surface area contributed by atoms with Crippen LogP contribution < -0.4 is 0 Å². The Labute approximate surface area is 186 Å². The number of aliphatic hydroxyl groups is 1. The molecule has 2 aromatic rings. The number of hydrogen-bond acceptors (Lipinski definition) is 6. The van der Waals surface area contributed by atoms with Crippen LogP contribution in [-0.4, -0.2) is 45.9 Å². The van der Waals surface area contributed by atoms with Gasteiger partial charge in [-0.15, -0.1) is 0 Å². The van der Waals surface area contributed by atoms with Gasteiger partial charge in [0.2, 0.25) is 0 Å². The molecule has 0 saturated carbocycles. The van der Waals surface area contributed by atoms with Crippen molar-refractivity contribution in [3.05, 3.63) is 79.8 Å². The lowest BCUT2D eigenvalue weighted by molar-refractivity contribution is -0.384. The molecular formula is C22H19BrN2O6. The number of rotatable bonds is 5. The lowest BCUT2D eigenvalue weighted by atomic mass is 9.95. The van der Waals surface area contributed by atoms with Crippen molar-refractivity contribution in [2.24, 2.45) is 0 Å². The highest BCUT2D eigenvalue weighted by molar-refractivity contribution is 9.10. The van der Waals surface area contributed by atoms with E-state index in [4.69, 9.17) is 4.74 Å². The molecule has 2 atom stereocenters. The number of carbonyl (C=O) groups excluding carboxylic acids is 2. The molecule has 0 radical (unpaired) electrons. The number of nitro benzene ring substituents is 1.